The molecule has 1 amide bonds. The van der Waals surface area contributed by atoms with Crippen LogP contribution in [-0.2, 0) is 16.1 Å². The van der Waals surface area contributed by atoms with Crippen molar-refractivity contribution in [2.45, 2.75) is 19.1 Å². The Hall–Kier alpha value is -1.04. The van der Waals surface area contributed by atoms with Crippen molar-refractivity contribution >= 4 is 17.7 Å². The highest BCUT2D eigenvalue weighted by Gasteiger charge is 2.16. The van der Waals surface area contributed by atoms with Gasteiger partial charge in [-0.05, 0) is 24.0 Å². The summed E-state index contributed by atoms with van der Waals surface area (Å²) in [5.41, 5.74) is 6.99. The number of likely N-dealkylation sites (N-methyl/N-ethyl adjacent to an activating group) is 1. The summed E-state index contributed by atoms with van der Waals surface area (Å²) >= 11 is 1.70. The van der Waals surface area contributed by atoms with Gasteiger partial charge in [0.1, 0.15) is 0 Å². The number of nitrogens with zero attached hydrogens (tertiary/aromatic N) is 1. The molecular weight excluding hydrogens is 272 g/mol. The van der Waals surface area contributed by atoms with Gasteiger partial charge in [0.15, 0.2) is 0 Å². The summed E-state index contributed by atoms with van der Waals surface area (Å²) in [5.74, 6) is 0.896. The van der Waals surface area contributed by atoms with E-state index < -0.39 is 6.04 Å². The maximum Gasteiger partial charge on any atom is 0.239 e. The fraction of sp³-hybridized carbons (Fsp3) is 0.533. The monoisotopic (exact) mass is 296 g/mol. The standard InChI is InChI=1S/C15H24N2O2S/c1-17(15(18)14(16)8-11-20-2)9-10-19-12-13-6-4-3-5-7-13/h3-7,14H,8-12,16H2,1-2H3/t14-/m0/s1. The van der Waals surface area contributed by atoms with Gasteiger partial charge in [-0.3, -0.25) is 4.79 Å². The van der Waals surface area contributed by atoms with Crippen LogP contribution < -0.4 is 5.73 Å². The van der Waals surface area contributed by atoms with E-state index in [0.717, 1.165) is 17.7 Å². The maximum absolute atomic E-state index is 11.9. The van der Waals surface area contributed by atoms with E-state index in [1.807, 2.05) is 36.6 Å². The second-order valence-electron chi connectivity index (χ2n) is 4.69. The summed E-state index contributed by atoms with van der Waals surface area (Å²) in [7, 11) is 1.77. The lowest BCUT2D eigenvalue weighted by atomic mass is 10.2. The number of amides is 1. The van der Waals surface area contributed by atoms with Gasteiger partial charge < -0.3 is 15.4 Å². The topological polar surface area (TPSA) is 55.6 Å². The highest BCUT2D eigenvalue weighted by Crippen LogP contribution is 2.03. The van der Waals surface area contributed by atoms with Crippen molar-refractivity contribution in [1.82, 2.24) is 4.90 Å². The average molecular weight is 296 g/mol. The minimum absolute atomic E-state index is 0.0117. The van der Waals surface area contributed by atoms with Crippen LogP contribution in [0.15, 0.2) is 30.3 Å². The Morgan fingerprint density at radius 3 is 2.75 bits per heavy atom. The van der Waals surface area contributed by atoms with Gasteiger partial charge in [0.05, 0.1) is 19.3 Å². The quantitative estimate of drug-likeness (QED) is 0.705. The molecular formula is C15H24N2O2S. The molecule has 1 atom stereocenters. The number of ether oxygens (including phenoxy) is 1. The summed E-state index contributed by atoms with van der Waals surface area (Å²) < 4.78 is 5.56. The van der Waals surface area contributed by atoms with Crippen molar-refractivity contribution in [2.75, 3.05) is 32.2 Å². The lowest BCUT2D eigenvalue weighted by Crippen LogP contribution is -2.43. The molecule has 0 spiro atoms. The van der Waals surface area contributed by atoms with Crippen LogP contribution in [0.3, 0.4) is 0 Å². The Bertz CT molecular complexity index is 387. The smallest absolute Gasteiger partial charge is 0.239 e. The number of rotatable bonds is 9. The molecule has 0 aliphatic carbocycles. The van der Waals surface area contributed by atoms with Gasteiger partial charge in [-0.15, -0.1) is 0 Å². The first-order valence-electron chi connectivity index (χ1n) is 6.76. The van der Waals surface area contributed by atoms with Crippen molar-refractivity contribution < 1.29 is 9.53 Å². The third kappa shape index (κ3) is 6.41. The molecule has 0 bridgehead atoms. The Morgan fingerprint density at radius 1 is 1.40 bits per heavy atom. The molecule has 2 N–H and O–H groups in total. The Labute approximate surface area is 125 Å². The Morgan fingerprint density at radius 2 is 2.10 bits per heavy atom. The third-order valence-corrected chi connectivity index (χ3v) is 3.65. The van der Waals surface area contributed by atoms with Crippen molar-refractivity contribution in [3.05, 3.63) is 35.9 Å². The zero-order chi connectivity index (χ0) is 14.8. The Kier molecular flexibility index (Phi) is 8.34. The largest absolute Gasteiger partial charge is 0.375 e. The van der Waals surface area contributed by atoms with Crippen molar-refractivity contribution in [2.24, 2.45) is 5.73 Å². The second kappa shape index (κ2) is 9.80. The Balaban J connectivity index is 2.19. The molecule has 4 nitrogen and oxygen atoms in total. The third-order valence-electron chi connectivity index (χ3n) is 3.01. The average Bonchev–Trinajstić information content (AvgIpc) is 2.49. The van der Waals surface area contributed by atoms with Crippen LogP contribution in [-0.4, -0.2) is 49.1 Å². The van der Waals surface area contributed by atoms with E-state index in [2.05, 4.69) is 0 Å². The number of carbonyl (C=O) groups is 1. The molecule has 0 saturated heterocycles. The van der Waals surface area contributed by atoms with E-state index >= 15 is 0 Å². The van der Waals surface area contributed by atoms with E-state index in [1.54, 1.807) is 23.7 Å². The van der Waals surface area contributed by atoms with Crippen LogP contribution in [0.2, 0.25) is 0 Å². The molecule has 0 aromatic heterocycles. The van der Waals surface area contributed by atoms with E-state index in [-0.39, 0.29) is 5.91 Å². The molecule has 1 aromatic rings. The molecule has 112 valence electrons. The zero-order valence-electron chi connectivity index (χ0n) is 12.2. The minimum Gasteiger partial charge on any atom is -0.375 e. The summed E-state index contributed by atoms with van der Waals surface area (Å²) in [4.78, 5) is 13.6. The lowest BCUT2D eigenvalue weighted by Gasteiger charge is -2.21. The van der Waals surface area contributed by atoms with Crippen molar-refractivity contribution in [1.29, 1.82) is 0 Å². The van der Waals surface area contributed by atoms with E-state index in [0.29, 0.717) is 19.8 Å². The number of carbonyl (C=O) groups excluding carboxylic acids is 1. The van der Waals surface area contributed by atoms with E-state index in [1.165, 1.54) is 0 Å². The molecule has 0 aliphatic heterocycles. The number of nitrogens with two attached hydrogens (primary N) is 1. The molecule has 0 aliphatic rings. The fourth-order valence-electron chi connectivity index (χ4n) is 1.73. The van der Waals surface area contributed by atoms with Gasteiger partial charge in [-0.25, -0.2) is 0 Å². The van der Waals surface area contributed by atoms with Gasteiger partial charge >= 0.3 is 0 Å². The number of benzene rings is 1. The zero-order valence-corrected chi connectivity index (χ0v) is 13.1. The lowest BCUT2D eigenvalue weighted by molar-refractivity contribution is -0.132. The van der Waals surface area contributed by atoms with Gasteiger partial charge in [0.25, 0.3) is 0 Å². The second-order valence-corrected chi connectivity index (χ2v) is 5.67. The molecule has 0 heterocycles. The number of hydrogen-bond acceptors (Lipinski definition) is 4. The molecule has 0 fully saturated rings. The first-order valence-corrected chi connectivity index (χ1v) is 8.15. The van der Waals surface area contributed by atoms with Gasteiger partial charge in [-0.2, -0.15) is 11.8 Å². The van der Waals surface area contributed by atoms with Crippen molar-refractivity contribution in [3.63, 3.8) is 0 Å². The summed E-state index contributed by atoms with van der Waals surface area (Å²) in [6, 6.07) is 9.59. The molecule has 5 heteroatoms. The predicted octanol–water partition coefficient (Wildman–Crippen LogP) is 1.74. The first kappa shape index (κ1) is 17.0. The van der Waals surface area contributed by atoms with E-state index in [4.69, 9.17) is 10.5 Å². The summed E-state index contributed by atoms with van der Waals surface area (Å²) in [6.45, 7) is 1.66. The van der Waals surface area contributed by atoms with Crippen LogP contribution in [0.5, 0.6) is 0 Å². The molecule has 0 unspecified atom stereocenters. The minimum atomic E-state index is -0.401. The predicted molar refractivity (Wildman–Crippen MR) is 84.7 cm³/mol. The van der Waals surface area contributed by atoms with Gasteiger partial charge in [0, 0.05) is 13.6 Å². The van der Waals surface area contributed by atoms with Crippen molar-refractivity contribution in [3.8, 4) is 0 Å². The molecule has 1 rings (SSSR count). The molecule has 1 aromatic carbocycles. The number of hydrogen-bond donors (Lipinski definition) is 1. The van der Waals surface area contributed by atoms with Crippen LogP contribution in [0.1, 0.15) is 12.0 Å². The van der Waals surface area contributed by atoms with Crippen LogP contribution in [0.25, 0.3) is 0 Å². The highest BCUT2D eigenvalue weighted by molar-refractivity contribution is 7.98. The summed E-state index contributed by atoms with van der Waals surface area (Å²) in [5, 5.41) is 0. The van der Waals surface area contributed by atoms with E-state index in [9.17, 15) is 4.79 Å². The first-order chi connectivity index (χ1) is 9.65. The SMILES string of the molecule is CSCC[C@H](N)C(=O)N(C)CCOCc1ccccc1. The van der Waals surface area contributed by atoms with Crippen LogP contribution in [0.4, 0.5) is 0 Å². The van der Waals surface area contributed by atoms with Gasteiger partial charge in [0.2, 0.25) is 5.91 Å². The highest BCUT2D eigenvalue weighted by atomic mass is 32.2. The molecule has 0 radical (unpaired) electrons. The number of thioether (sulfide) groups is 1. The maximum atomic E-state index is 11.9. The van der Waals surface area contributed by atoms with Gasteiger partial charge in [-0.1, -0.05) is 30.3 Å². The fourth-order valence-corrected chi connectivity index (χ4v) is 2.22. The van der Waals surface area contributed by atoms with Crippen LogP contribution >= 0.6 is 11.8 Å². The molecule has 0 saturated carbocycles. The van der Waals surface area contributed by atoms with Crippen LogP contribution in [0, 0.1) is 0 Å². The molecule has 20 heavy (non-hydrogen) atoms. The summed E-state index contributed by atoms with van der Waals surface area (Å²) in [6.07, 6.45) is 2.73. The normalized spacial score (nSPS) is 12.2.